The molecule has 0 aromatic heterocycles. The fourth-order valence-electron chi connectivity index (χ4n) is 2.37. The molecule has 104 valence electrons. The molecule has 1 heterocycles. The summed E-state index contributed by atoms with van der Waals surface area (Å²) in [5.41, 5.74) is 1.08. The summed E-state index contributed by atoms with van der Waals surface area (Å²) in [7, 11) is 1.63. The van der Waals surface area contributed by atoms with Crippen LogP contribution in [0.4, 0.5) is 0 Å². The largest absolute Gasteiger partial charge is 0.497 e. The summed E-state index contributed by atoms with van der Waals surface area (Å²) in [6, 6.07) is 7.18. The van der Waals surface area contributed by atoms with Gasteiger partial charge in [0.2, 0.25) is 0 Å². The van der Waals surface area contributed by atoms with E-state index in [1.54, 1.807) is 7.11 Å². The van der Waals surface area contributed by atoms with Gasteiger partial charge in [0.1, 0.15) is 11.8 Å². The van der Waals surface area contributed by atoms with Gasteiger partial charge in [0.25, 0.3) is 0 Å². The van der Waals surface area contributed by atoms with Gasteiger partial charge in [-0.25, -0.2) is 0 Å². The average Bonchev–Trinajstić information content (AvgIpc) is 2.46. The van der Waals surface area contributed by atoms with E-state index in [0.717, 1.165) is 11.3 Å². The number of rotatable bonds is 4. The van der Waals surface area contributed by atoms with Gasteiger partial charge < -0.3 is 14.6 Å². The lowest BCUT2D eigenvalue weighted by atomic mass is 10.0. The molecule has 1 aromatic rings. The zero-order chi connectivity index (χ0) is 13.8. The number of carboxylic acids is 1. The van der Waals surface area contributed by atoms with Gasteiger partial charge in [-0.3, -0.25) is 9.69 Å². The molecule has 1 aromatic carbocycles. The van der Waals surface area contributed by atoms with Crippen molar-refractivity contribution >= 4 is 5.97 Å². The van der Waals surface area contributed by atoms with Crippen molar-refractivity contribution in [2.45, 2.75) is 19.0 Å². The van der Waals surface area contributed by atoms with Gasteiger partial charge >= 0.3 is 5.97 Å². The predicted octanol–water partition coefficient (Wildman–Crippen LogP) is 1.54. The molecule has 0 aliphatic carbocycles. The van der Waals surface area contributed by atoms with Crippen LogP contribution in [0.15, 0.2) is 24.3 Å². The lowest BCUT2D eigenvalue weighted by Crippen LogP contribution is -2.50. The molecule has 1 aliphatic rings. The third kappa shape index (κ3) is 3.05. The molecule has 1 saturated heterocycles. The van der Waals surface area contributed by atoms with Gasteiger partial charge in [-0.2, -0.15) is 0 Å². The van der Waals surface area contributed by atoms with E-state index in [2.05, 4.69) is 0 Å². The Morgan fingerprint density at radius 3 is 2.74 bits per heavy atom. The molecule has 1 aliphatic heterocycles. The number of methoxy groups -OCH3 is 1. The maximum Gasteiger partial charge on any atom is 0.323 e. The highest BCUT2D eigenvalue weighted by molar-refractivity contribution is 5.73. The smallest absolute Gasteiger partial charge is 0.323 e. The Bertz CT molecular complexity index is 432. The highest BCUT2D eigenvalue weighted by atomic mass is 16.5. The molecule has 2 rings (SSSR count). The van der Waals surface area contributed by atoms with Gasteiger partial charge in [0.15, 0.2) is 0 Å². The van der Waals surface area contributed by atoms with E-state index in [0.29, 0.717) is 13.2 Å². The second-order valence-electron chi connectivity index (χ2n) is 4.62. The van der Waals surface area contributed by atoms with Crippen molar-refractivity contribution in [1.82, 2.24) is 4.90 Å². The first-order valence-corrected chi connectivity index (χ1v) is 6.33. The summed E-state index contributed by atoms with van der Waals surface area (Å²) in [4.78, 5) is 13.2. The Kier molecular flexibility index (Phi) is 4.39. The molecule has 0 bridgehead atoms. The SMILES string of the molecule is COc1ccc(C(C)N2CCOCC2C(=O)O)cc1. The van der Waals surface area contributed by atoms with Crippen molar-refractivity contribution < 1.29 is 19.4 Å². The first-order valence-electron chi connectivity index (χ1n) is 6.33. The molecule has 0 saturated carbocycles. The van der Waals surface area contributed by atoms with E-state index in [-0.39, 0.29) is 12.6 Å². The lowest BCUT2D eigenvalue weighted by Gasteiger charge is -2.37. The van der Waals surface area contributed by atoms with E-state index in [1.165, 1.54) is 0 Å². The van der Waals surface area contributed by atoms with E-state index < -0.39 is 12.0 Å². The fourth-order valence-corrected chi connectivity index (χ4v) is 2.37. The molecule has 5 heteroatoms. The van der Waals surface area contributed by atoms with Crippen LogP contribution in [0.5, 0.6) is 5.75 Å². The molecule has 1 fully saturated rings. The Morgan fingerprint density at radius 2 is 2.16 bits per heavy atom. The van der Waals surface area contributed by atoms with E-state index in [9.17, 15) is 9.90 Å². The van der Waals surface area contributed by atoms with Crippen LogP contribution in [0.2, 0.25) is 0 Å². The second-order valence-corrected chi connectivity index (χ2v) is 4.62. The number of hydrogen-bond acceptors (Lipinski definition) is 4. The van der Waals surface area contributed by atoms with E-state index in [4.69, 9.17) is 9.47 Å². The maximum absolute atomic E-state index is 11.3. The Labute approximate surface area is 112 Å². The average molecular weight is 265 g/mol. The van der Waals surface area contributed by atoms with Crippen molar-refractivity contribution in [3.05, 3.63) is 29.8 Å². The van der Waals surface area contributed by atoms with Crippen molar-refractivity contribution in [1.29, 1.82) is 0 Å². The predicted molar refractivity (Wildman–Crippen MR) is 70.4 cm³/mol. The highest BCUT2D eigenvalue weighted by Crippen LogP contribution is 2.26. The van der Waals surface area contributed by atoms with Crippen LogP contribution in [0, 0.1) is 0 Å². The summed E-state index contributed by atoms with van der Waals surface area (Å²) in [5.74, 6) is -0.0345. The number of carboxylic acid groups (broad SMARTS) is 1. The number of ether oxygens (including phenoxy) is 2. The topological polar surface area (TPSA) is 59.0 Å². The van der Waals surface area contributed by atoms with Crippen molar-refractivity contribution in [2.24, 2.45) is 0 Å². The molecule has 0 amide bonds. The minimum Gasteiger partial charge on any atom is -0.497 e. The zero-order valence-electron chi connectivity index (χ0n) is 11.2. The van der Waals surface area contributed by atoms with Crippen LogP contribution in [0.1, 0.15) is 18.5 Å². The molecule has 5 nitrogen and oxygen atoms in total. The molecule has 1 N–H and O–H groups in total. The molecule has 2 atom stereocenters. The van der Waals surface area contributed by atoms with Crippen LogP contribution in [0.25, 0.3) is 0 Å². The molecular weight excluding hydrogens is 246 g/mol. The Morgan fingerprint density at radius 1 is 1.47 bits per heavy atom. The second kappa shape index (κ2) is 6.04. The van der Waals surface area contributed by atoms with Crippen LogP contribution in [-0.4, -0.2) is 48.9 Å². The highest BCUT2D eigenvalue weighted by Gasteiger charge is 2.32. The zero-order valence-corrected chi connectivity index (χ0v) is 11.2. The Hall–Kier alpha value is -1.59. The summed E-state index contributed by atoms with van der Waals surface area (Å²) < 4.78 is 10.4. The van der Waals surface area contributed by atoms with E-state index >= 15 is 0 Å². The van der Waals surface area contributed by atoms with Crippen molar-refractivity contribution in [2.75, 3.05) is 26.9 Å². The maximum atomic E-state index is 11.3. The molecule has 0 spiro atoms. The van der Waals surface area contributed by atoms with Crippen LogP contribution >= 0.6 is 0 Å². The van der Waals surface area contributed by atoms with E-state index in [1.807, 2.05) is 36.1 Å². The number of hydrogen-bond donors (Lipinski definition) is 1. The minimum atomic E-state index is -0.833. The van der Waals surface area contributed by atoms with Gasteiger partial charge in [-0.05, 0) is 24.6 Å². The normalized spacial score (nSPS) is 21.9. The van der Waals surface area contributed by atoms with Crippen LogP contribution in [0.3, 0.4) is 0 Å². The number of morpholine rings is 1. The van der Waals surface area contributed by atoms with Crippen LogP contribution in [-0.2, 0) is 9.53 Å². The summed E-state index contributed by atoms with van der Waals surface area (Å²) in [6.45, 7) is 3.47. The number of benzene rings is 1. The summed E-state index contributed by atoms with van der Waals surface area (Å²) >= 11 is 0. The van der Waals surface area contributed by atoms with Gasteiger partial charge in [-0.15, -0.1) is 0 Å². The number of aliphatic carboxylic acids is 1. The van der Waals surface area contributed by atoms with Gasteiger partial charge in [0, 0.05) is 12.6 Å². The number of nitrogens with zero attached hydrogens (tertiary/aromatic N) is 1. The fraction of sp³-hybridized carbons (Fsp3) is 0.500. The lowest BCUT2D eigenvalue weighted by molar-refractivity contribution is -0.151. The third-order valence-electron chi connectivity index (χ3n) is 3.55. The van der Waals surface area contributed by atoms with Gasteiger partial charge in [-0.1, -0.05) is 12.1 Å². The molecule has 0 radical (unpaired) electrons. The standard InChI is InChI=1S/C14H19NO4/c1-10(11-3-5-12(18-2)6-4-11)15-7-8-19-9-13(15)14(16)17/h3-6,10,13H,7-9H2,1-2H3,(H,16,17). The minimum absolute atomic E-state index is 0.0379. The van der Waals surface area contributed by atoms with Crippen molar-refractivity contribution in [3.63, 3.8) is 0 Å². The summed E-state index contributed by atoms with van der Waals surface area (Å²) in [5, 5.41) is 9.24. The third-order valence-corrected chi connectivity index (χ3v) is 3.55. The molecular formula is C14H19NO4. The first-order chi connectivity index (χ1) is 9.13. The Balaban J connectivity index is 2.15. The van der Waals surface area contributed by atoms with Crippen LogP contribution < -0.4 is 4.74 Å². The monoisotopic (exact) mass is 265 g/mol. The molecule has 19 heavy (non-hydrogen) atoms. The van der Waals surface area contributed by atoms with Crippen molar-refractivity contribution in [3.8, 4) is 5.75 Å². The molecule has 2 unspecified atom stereocenters. The first kappa shape index (κ1) is 13.8. The van der Waals surface area contributed by atoms with Gasteiger partial charge in [0.05, 0.1) is 20.3 Å². The summed E-state index contributed by atoms with van der Waals surface area (Å²) in [6.07, 6.45) is 0. The number of carbonyl (C=O) groups is 1. The quantitative estimate of drug-likeness (QED) is 0.895.